The van der Waals surface area contributed by atoms with E-state index in [1.165, 1.54) is 0 Å². The van der Waals surface area contributed by atoms with E-state index < -0.39 is 40.1 Å². The van der Waals surface area contributed by atoms with Crippen molar-refractivity contribution in [3.05, 3.63) is 29.8 Å². The summed E-state index contributed by atoms with van der Waals surface area (Å²) in [5, 5.41) is 22.2. The molecule has 4 saturated carbocycles. The van der Waals surface area contributed by atoms with E-state index in [2.05, 4.69) is 25.5 Å². The second kappa shape index (κ2) is 11.8. The lowest BCUT2D eigenvalue weighted by atomic mass is 9.41. The first-order chi connectivity index (χ1) is 20.1. The van der Waals surface area contributed by atoms with Crippen LogP contribution in [0.5, 0.6) is 0 Å². The largest absolute Gasteiger partial charge is 0.416 e. The van der Waals surface area contributed by atoms with E-state index in [-0.39, 0.29) is 45.9 Å². The van der Waals surface area contributed by atoms with E-state index in [1.54, 1.807) is 0 Å². The molecular formula is C33H49F4NO4S. The minimum Gasteiger partial charge on any atom is -0.393 e. The molecule has 4 fully saturated rings. The number of nitrogens with one attached hydrogen (secondary N) is 1. The number of sulfonamides is 1. The van der Waals surface area contributed by atoms with Gasteiger partial charge in [-0.1, -0.05) is 34.1 Å². The minimum atomic E-state index is -4.52. The fourth-order valence-corrected chi connectivity index (χ4v) is 11.8. The van der Waals surface area contributed by atoms with E-state index in [1.807, 2.05) is 6.92 Å². The number of rotatable bonds is 8. The Morgan fingerprint density at radius 2 is 1.63 bits per heavy atom. The van der Waals surface area contributed by atoms with Gasteiger partial charge in [0, 0.05) is 12.5 Å². The number of alkyl halides is 4. The molecule has 3 N–H and O–H groups in total. The second-order valence-electron chi connectivity index (χ2n) is 14.7. The summed E-state index contributed by atoms with van der Waals surface area (Å²) in [6, 6.07) is 3.53. The molecule has 0 heterocycles. The van der Waals surface area contributed by atoms with Gasteiger partial charge in [0.1, 0.15) is 6.17 Å². The van der Waals surface area contributed by atoms with Crippen molar-refractivity contribution in [3.8, 4) is 0 Å². The third kappa shape index (κ3) is 5.69. The highest BCUT2D eigenvalue weighted by Gasteiger charge is 2.66. The first-order valence-electron chi connectivity index (χ1n) is 16.2. The number of aliphatic hydroxyl groups is 2. The van der Waals surface area contributed by atoms with Crippen LogP contribution in [0.15, 0.2) is 29.2 Å². The van der Waals surface area contributed by atoms with Crippen molar-refractivity contribution < 1.29 is 36.2 Å². The van der Waals surface area contributed by atoms with Crippen molar-refractivity contribution in [2.24, 2.45) is 52.3 Å². The molecule has 0 aliphatic heterocycles. The molecule has 0 spiro atoms. The van der Waals surface area contributed by atoms with Gasteiger partial charge in [0.15, 0.2) is 0 Å². The van der Waals surface area contributed by atoms with Gasteiger partial charge in [0.05, 0.1) is 22.7 Å². The summed E-state index contributed by atoms with van der Waals surface area (Å²) in [6.07, 6.45) is 0.147. The molecule has 244 valence electrons. The molecule has 4 aliphatic carbocycles. The van der Waals surface area contributed by atoms with Crippen molar-refractivity contribution in [2.75, 3.05) is 6.54 Å². The van der Waals surface area contributed by atoms with Gasteiger partial charge in [0.2, 0.25) is 10.0 Å². The Kier molecular flexibility index (Phi) is 9.13. The summed E-state index contributed by atoms with van der Waals surface area (Å²) in [5.74, 6) is 1.02. The van der Waals surface area contributed by atoms with Crippen LogP contribution < -0.4 is 4.72 Å². The van der Waals surface area contributed by atoms with Crippen molar-refractivity contribution >= 4 is 10.0 Å². The van der Waals surface area contributed by atoms with Crippen LogP contribution in [0, 0.1) is 52.3 Å². The van der Waals surface area contributed by atoms with E-state index >= 15 is 4.39 Å². The summed E-state index contributed by atoms with van der Waals surface area (Å²) < 4.78 is 82.0. The topological polar surface area (TPSA) is 86.6 Å². The number of hydrogen-bond acceptors (Lipinski definition) is 4. The molecule has 0 radical (unpaired) electrons. The molecule has 10 heteroatoms. The lowest BCUT2D eigenvalue weighted by Gasteiger charge is -2.65. The van der Waals surface area contributed by atoms with Gasteiger partial charge in [-0.15, -0.1) is 0 Å². The Balaban J connectivity index is 1.22. The SMILES string of the molecule is CC[C@H]1[C@@H](O)[C@@H]2[C@H](CC[C@]3(C)[C@@H]([C@H](C)CCCNS(=O)(=O)c4ccc(C(F)(F)F)cc4)CC[C@@H]23)[C@@]2(C)CC[C@@H](O)[C@H](F)[C@@H]12. The molecule has 43 heavy (non-hydrogen) atoms. The Hall–Kier alpha value is -1.23. The molecule has 0 unspecified atom stereocenters. The quantitative estimate of drug-likeness (QED) is 0.214. The first kappa shape index (κ1) is 33.1. The van der Waals surface area contributed by atoms with Gasteiger partial charge in [-0.05, 0) is 122 Å². The molecule has 1 aromatic rings. The van der Waals surface area contributed by atoms with Crippen molar-refractivity contribution in [1.29, 1.82) is 0 Å². The van der Waals surface area contributed by atoms with Crippen LogP contribution >= 0.6 is 0 Å². The highest BCUT2D eigenvalue weighted by molar-refractivity contribution is 7.89. The monoisotopic (exact) mass is 631 g/mol. The van der Waals surface area contributed by atoms with E-state index in [0.29, 0.717) is 37.0 Å². The van der Waals surface area contributed by atoms with Crippen LogP contribution in [0.3, 0.4) is 0 Å². The summed E-state index contributed by atoms with van der Waals surface area (Å²) in [7, 11) is -3.91. The number of benzene rings is 1. The fourth-order valence-electron chi connectivity index (χ4n) is 10.7. The van der Waals surface area contributed by atoms with Crippen LogP contribution in [0.1, 0.15) is 91.0 Å². The molecule has 0 aromatic heterocycles. The van der Waals surface area contributed by atoms with Gasteiger partial charge in [-0.25, -0.2) is 17.5 Å². The molecule has 0 bridgehead atoms. The van der Waals surface area contributed by atoms with Gasteiger partial charge < -0.3 is 10.2 Å². The fraction of sp³-hybridized carbons (Fsp3) is 0.818. The number of hydrogen-bond donors (Lipinski definition) is 3. The van der Waals surface area contributed by atoms with Crippen molar-refractivity contribution in [1.82, 2.24) is 4.72 Å². The summed E-state index contributed by atoms with van der Waals surface area (Å²) in [5.41, 5.74) is -1.06. The Bertz CT molecular complexity index is 1240. The predicted octanol–water partition coefficient (Wildman–Crippen LogP) is 6.97. The Labute approximate surface area is 254 Å². The maximum absolute atomic E-state index is 15.6. The first-order valence-corrected chi connectivity index (χ1v) is 17.7. The molecule has 12 atom stereocenters. The van der Waals surface area contributed by atoms with Crippen LogP contribution in [0.2, 0.25) is 0 Å². The lowest BCUT2D eigenvalue weighted by Crippen LogP contribution is -2.65. The van der Waals surface area contributed by atoms with Crippen LogP contribution in [0.25, 0.3) is 0 Å². The highest BCUT2D eigenvalue weighted by Crippen LogP contribution is 2.69. The molecule has 5 rings (SSSR count). The van der Waals surface area contributed by atoms with Crippen LogP contribution in [0.4, 0.5) is 17.6 Å². The number of halogens is 4. The smallest absolute Gasteiger partial charge is 0.393 e. The third-order valence-corrected chi connectivity index (χ3v) is 14.3. The Morgan fingerprint density at radius 3 is 2.26 bits per heavy atom. The average Bonchev–Trinajstić information content (AvgIpc) is 3.31. The summed E-state index contributed by atoms with van der Waals surface area (Å²) in [6.45, 7) is 9.08. The van der Waals surface area contributed by atoms with Gasteiger partial charge in [-0.3, -0.25) is 0 Å². The Morgan fingerprint density at radius 1 is 1.00 bits per heavy atom. The number of fused-ring (bicyclic) bond motifs is 5. The standard InChI is InChI=1S/C33H49F4NO4S/c1-5-22-28-29(34)26(39)15-17-32(28,4)25-14-16-31(3)23(12-13-24(31)27(25)30(22)40)19(2)7-6-18-38-43(41,42)21-10-8-20(9-11-21)33(35,36)37/h8-11,19,22-30,38-40H,5-7,12-18H2,1-4H3/t19-,22-,23-,24+,25+,26-,27+,28-,29+,30-,31-,32-/m1/s1. The van der Waals surface area contributed by atoms with Crippen molar-refractivity contribution in [2.45, 2.75) is 115 Å². The average molecular weight is 632 g/mol. The van der Waals surface area contributed by atoms with Crippen LogP contribution in [-0.2, 0) is 16.2 Å². The van der Waals surface area contributed by atoms with Crippen molar-refractivity contribution in [3.63, 3.8) is 0 Å². The van der Waals surface area contributed by atoms with E-state index in [9.17, 15) is 31.8 Å². The number of aliphatic hydroxyl groups excluding tert-OH is 2. The zero-order valence-corrected chi connectivity index (χ0v) is 26.6. The zero-order valence-electron chi connectivity index (χ0n) is 25.8. The molecule has 0 saturated heterocycles. The van der Waals surface area contributed by atoms with E-state index in [4.69, 9.17) is 0 Å². The molecule has 0 amide bonds. The normalized spacial score (nSPS) is 42.1. The van der Waals surface area contributed by atoms with Gasteiger partial charge in [0.25, 0.3) is 0 Å². The minimum absolute atomic E-state index is 0.0477. The molecule has 5 nitrogen and oxygen atoms in total. The summed E-state index contributed by atoms with van der Waals surface area (Å²) in [4.78, 5) is -0.185. The lowest BCUT2D eigenvalue weighted by molar-refractivity contribution is -0.222. The highest BCUT2D eigenvalue weighted by atomic mass is 32.2. The summed E-state index contributed by atoms with van der Waals surface area (Å²) >= 11 is 0. The van der Waals surface area contributed by atoms with E-state index in [0.717, 1.165) is 62.8 Å². The van der Waals surface area contributed by atoms with Gasteiger partial charge >= 0.3 is 6.18 Å². The maximum atomic E-state index is 15.6. The predicted molar refractivity (Wildman–Crippen MR) is 157 cm³/mol. The zero-order chi connectivity index (χ0) is 31.5. The molecule has 1 aromatic carbocycles. The second-order valence-corrected chi connectivity index (χ2v) is 16.5. The van der Waals surface area contributed by atoms with Gasteiger partial charge in [-0.2, -0.15) is 13.2 Å². The van der Waals surface area contributed by atoms with Crippen LogP contribution in [-0.4, -0.2) is 43.6 Å². The maximum Gasteiger partial charge on any atom is 0.416 e. The third-order valence-electron chi connectivity index (χ3n) is 12.8. The molecule has 4 aliphatic rings. The molecular weight excluding hydrogens is 582 g/mol.